The highest BCUT2D eigenvalue weighted by atomic mass is 16.6. The summed E-state index contributed by atoms with van der Waals surface area (Å²) < 4.78 is 5.63. The molecule has 88 valence electrons. The van der Waals surface area contributed by atoms with Crippen molar-refractivity contribution >= 4 is 5.91 Å². The molecule has 2 unspecified atom stereocenters. The molecule has 0 bridgehead atoms. The van der Waals surface area contributed by atoms with Gasteiger partial charge in [-0.15, -0.1) is 0 Å². The summed E-state index contributed by atoms with van der Waals surface area (Å²) in [7, 11) is 0. The highest BCUT2D eigenvalue weighted by Crippen LogP contribution is 2.47. The zero-order chi connectivity index (χ0) is 11.5. The highest BCUT2D eigenvalue weighted by molar-refractivity contribution is 5.74. The molecule has 0 saturated heterocycles. The number of hydrogen-bond acceptors (Lipinski definition) is 4. The number of hydrogen-bond donors (Lipinski definition) is 2. The number of nitrogens with two attached hydrogens (primary N) is 1. The van der Waals surface area contributed by atoms with Gasteiger partial charge in [0.05, 0.1) is 6.54 Å². The third-order valence-corrected chi connectivity index (χ3v) is 2.72. The third-order valence-electron chi connectivity index (χ3n) is 2.72. The molecule has 16 heavy (non-hydrogen) atoms. The molecule has 1 aliphatic rings. The molecule has 0 aliphatic heterocycles. The largest absolute Gasteiger partial charge is 0.464 e. The summed E-state index contributed by atoms with van der Waals surface area (Å²) in [5, 5.41) is 0. The van der Waals surface area contributed by atoms with Crippen molar-refractivity contribution in [3.05, 3.63) is 23.7 Å². The van der Waals surface area contributed by atoms with Crippen LogP contribution in [0.4, 0.5) is 0 Å². The van der Waals surface area contributed by atoms with Crippen LogP contribution in [-0.4, -0.2) is 12.5 Å². The lowest BCUT2D eigenvalue weighted by Crippen LogP contribution is -2.24. The molecule has 1 heterocycles. The molecule has 5 heteroatoms. The van der Waals surface area contributed by atoms with E-state index in [0.29, 0.717) is 12.5 Å². The van der Waals surface area contributed by atoms with E-state index in [1.54, 1.807) is 0 Å². The van der Waals surface area contributed by atoms with Crippen molar-refractivity contribution in [1.82, 2.24) is 5.48 Å². The first kappa shape index (κ1) is 11.2. The van der Waals surface area contributed by atoms with Crippen LogP contribution < -0.4 is 11.2 Å². The molecule has 1 saturated carbocycles. The summed E-state index contributed by atoms with van der Waals surface area (Å²) in [4.78, 5) is 15.2. The smallest absolute Gasteiger partial charge is 0.245 e. The van der Waals surface area contributed by atoms with E-state index in [2.05, 4.69) is 12.4 Å². The Hall–Kier alpha value is -1.33. The molecule has 1 fully saturated rings. The average Bonchev–Trinajstić information content (AvgIpc) is 2.79. The molecule has 2 rings (SSSR count). The molecule has 3 N–H and O–H groups in total. The molecular weight excluding hydrogens is 208 g/mol. The molecule has 0 aromatic carbocycles. The third kappa shape index (κ3) is 2.84. The van der Waals surface area contributed by atoms with Crippen LogP contribution in [0.15, 0.2) is 16.5 Å². The predicted octanol–water partition coefficient (Wildman–Crippen LogP) is 0.910. The van der Waals surface area contributed by atoms with Gasteiger partial charge in [0.15, 0.2) is 0 Å². The summed E-state index contributed by atoms with van der Waals surface area (Å²) in [5.41, 5.74) is 7.53. The number of carbonyl (C=O) groups excluding carboxylic acids is 1. The molecule has 5 nitrogen and oxygen atoms in total. The molecule has 2 atom stereocenters. The monoisotopic (exact) mass is 224 g/mol. The SMILES string of the molecule is CC1CC1c1ccc(CNOCC(N)=O)o1. The number of rotatable bonds is 6. The topological polar surface area (TPSA) is 77.5 Å². The minimum Gasteiger partial charge on any atom is -0.464 e. The first-order chi connectivity index (χ1) is 7.66. The normalized spacial score (nSPS) is 23.3. The van der Waals surface area contributed by atoms with Gasteiger partial charge in [0, 0.05) is 5.92 Å². The van der Waals surface area contributed by atoms with Crippen molar-refractivity contribution in [3.8, 4) is 0 Å². The summed E-state index contributed by atoms with van der Waals surface area (Å²) >= 11 is 0. The van der Waals surface area contributed by atoms with E-state index in [1.165, 1.54) is 6.42 Å². The second kappa shape index (κ2) is 4.67. The van der Waals surface area contributed by atoms with Crippen LogP contribution in [-0.2, 0) is 16.2 Å². The number of carbonyl (C=O) groups is 1. The highest BCUT2D eigenvalue weighted by Gasteiger charge is 2.36. The van der Waals surface area contributed by atoms with Crippen LogP contribution >= 0.6 is 0 Å². The Labute approximate surface area is 93.9 Å². The van der Waals surface area contributed by atoms with Gasteiger partial charge in [-0.2, -0.15) is 5.48 Å². The van der Waals surface area contributed by atoms with Gasteiger partial charge in [-0.25, -0.2) is 0 Å². The van der Waals surface area contributed by atoms with E-state index in [-0.39, 0.29) is 6.61 Å². The Balaban J connectivity index is 1.73. The maximum atomic E-state index is 10.4. The first-order valence-electron chi connectivity index (χ1n) is 5.38. The Morgan fingerprint density at radius 1 is 1.69 bits per heavy atom. The van der Waals surface area contributed by atoms with Gasteiger partial charge < -0.3 is 10.2 Å². The molecule has 0 spiro atoms. The Morgan fingerprint density at radius 3 is 3.06 bits per heavy atom. The van der Waals surface area contributed by atoms with E-state index in [9.17, 15) is 4.79 Å². The van der Waals surface area contributed by atoms with Crippen molar-refractivity contribution in [2.24, 2.45) is 11.7 Å². The number of nitrogens with one attached hydrogen (secondary N) is 1. The van der Waals surface area contributed by atoms with Crippen molar-refractivity contribution in [1.29, 1.82) is 0 Å². The number of amides is 1. The van der Waals surface area contributed by atoms with Crippen LogP contribution in [0, 0.1) is 5.92 Å². The Bertz CT molecular complexity index is 375. The Morgan fingerprint density at radius 2 is 2.44 bits per heavy atom. The summed E-state index contributed by atoms with van der Waals surface area (Å²) in [6.07, 6.45) is 1.21. The standard InChI is InChI=1S/C11H16N2O3/c1-7-4-9(7)10-3-2-8(16-10)5-13-15-6-11(12)14/h2-3,7,9,13H,4-6H2,1H3,(H2,12,14). The molecule has 1 aromatic heterocycles. The first-order valence-corrected chi connectivity index (χ1v) is 5.38. The quantitative estimate of drug-likeness (QED) is 0.556. The summed E-state index contributed by atoms with van der Waals surface area (Å²) in [6, 6.07) is 3.92. The number of hydroxylamine groups is 1. The lowest BCUT2D eigenvalue weighted by Gasteiger charge is -2.01. The number of furan rings is 1. The molecule has 1 amide bonds. The molecule has 1 aliphatic carbocycles. The van der Waals surface area contributed by atoms with Crippen LogP contribution in [0.1, 0.15) is 30.8 Å². The van der Waals surface area contributed by atoms with Crippen LogP contribution in [0.2, 0.25) is 0 Å². The van der Waals surface area contributed by atoms with Crippen molar-refractivity contribution in [2.75, 3.05) is 6.61 Å². The zero-order valence-corrected chi connectivity index (χ0v) is 9.23. The van der Waals surface area contributed by atoms with Crippen LogP contribution in [0.3, 0.4) is 0 Å². The minimum absolute atomic E-state index is 0.132. The van der Waals surface area contributed by atoms with Gasteiger partial charge in [-0.05, 0) is 24.5 Å². The summed E-state index contributed by atoms with van der Waals surface area (Å²) in [6.45, 7) is 2.52. The van der Waals surface area contributed by atoms with Gasteiger partial charge >= 0.3 is 0 Å². The maximum Gasteiger partial charge on any atom is 0.245 e. The van der Waals surface area contributed by atoms with E-state index in [0.717, 1.165) is 17.4 Å². The lowest BCUT2D eigenvalue weighted by atomic mass is 10.3. The molecule has 1 aromatic rings. The van der Waals surface area contributed by atoms with E-state index >= 15 is 0 Å². The molecular formula is C11H16N2O3. The fourth-order valence-electron chi connectivity index (χ4n) is 1.65. The van der Waals surface area contributed by atoms with E-state index in [1.807, 2.05) is 12.1 Å². The zero-order valence-electron chi connectivity index (χ0n) is 9.23. The average molecular weight is 224 g/mol. The Kier molecular flexibility index (Phi) is 3.26. The van der Waals surface area contributed by atoms with Crippen molar-refractivity contribution in [3.63, 3.8) is 0 Å². The summed E-state index contributed by atoms with van der Waals surface area (Å²) in [5.74, 6) is 2.66. The van der Waals surface area contributed by atoms with Gasteiger partial charge in [-0.3, -0.25) is 9.63 Å². The minimum atomic E-state index is -0.501. The fourth-order valence-corrected chi connectivity index (χ4v) is 1.65. The van der Waals surface area contributed by atoms with Crippen molar-refractivity contribution < 1.29 is 14.0 Å². The van der Waals surface area contributed by atoms with Crippen LogP contribution in [0.5, 0.6) is 0 Å². The maximum absolute atomic E-state index is 10.4. The van der Waals surface area contributed by atoms with E-state index in [4.69, 9.17) is 15.0 Å². The van der Waals surface area contributed by atoms with Gasteiger partial charge in [0.1, 0.15) is 18.1 Å². The van der Waals surface area contributed by atoms with Crippen molar-refractivity contribution in [2.45, 2.75) is 25.8 Å². The van der Waals surface area contributed by atoms with Gasteiger partial charge in [0.25, 0.3) is 0 Å². The second-order valence-corrected chi connectivity index (χ2v) is 4.20. The van der Waals surface area contributed by atoms with Crippen LogP contribution in [0.25, 0.3) is 0 Å². The lowest BCUT2D eigenvalue weighted by molar-refractivity contribution is -0.125. The fraction of sp³-hybridized carbons (Fsp3) is 0.545. The van der Waals surface area contributed by atoms with E-state index < -0.39 is 5.91 Å². The van der Waals surface area contributed by atoms with Gasteiger partial charge in [-0.1, -0.05) is 6.92 Å². The van der Waals surface area contributed by atoms with Gasteiger partial charge in [0.2, 0.25) is 5.91 Å². The number of primary amides is 1. The predicted molar refractivity (Wildman–Crippen MR) is 57.2 cm³/mol. The molecule has 0 radical (unpaired) electrons. The second-order valence-electron chi connectivity index (χ2n) is 4.20.